The van der Waals surface area contributed by atoms with Gasteiger partial charge in [-0.1, -0.05) is 12.1 Å². The van der Waals surface area contributed by atoms with E-state index in [4.69, 9.17) is 0 Å². The molecule has 0 radical (unpaired) electrons. The van der Waals surface area contributed by atoms with Crippen molar-refractivity contribution in [3.8, 4) is 5.75 Å². The Morgan fingerprint density at radius 3 is 2.50 bits per heavy atom. The van der Waals surface area contributed by atoms with E-state index in [2.05, 4.69) is 9.46 Å². The predicted octanol–water partition coefficient (Wildman–Crippen LogP) is 2.05. The van der Waals surface area contributed by atoms with Gasteiger partial charge in [0.15, 0.2) is 0 Å². The second-order valence-electron chi connectivity index (χ2n) is 7.26. The van der Waals surface area contributed by atoms with E-state index in [1.807, 2.05) is 0 Å². The lowest BCUT2D eigenvalue weighted by atomic mass is 9.89. The molecule has 0 spiro atoms. The van der Waals surface area contributed by atoms with E-state index in [-0.39, 0.29) is 25.1 Å². The molecule has 28 heavy (non-hydrogen) atoms. The van der Waals surface area contributed by atoms with Crippen LogP contribution in [0.4, 0.5) is 13.2 Å². The van der Waals surface area contributed by atoms with Crippen LogP contribution in [0.15, 0.2) is 24.3 Å². The molecule has 154 valence electrons. The standard InChI is InChI=1S/C17H19F3N2O5S/c1-16(15(24)21-28(25,26)11-6-7-11)8-9-22(10-16)14(23)12-4-2-3-5-13(12)27-17(18,19)20/h2-5,11H,6-10H2,1H3,(H,21,24). The Morgan fingerprint density at radius 2 is 1.89 bits per heavy atom. The minimum Gasteiger partial charge on any atom is -0.405 e. The molecule has 2 fully saturated rings. The van der Waals surface area contributed by atoms with Gasteiger partial charge in [0, 0.05) is 13.1 Å². The first-order valence-corrected chi connectivity index (χ1v) is 10.2. The number of carbonyl (C=O) groups excluding carboxylic acids is 2. The van der Waals surface area contributed by atoms with Crippen molar-refractivity contribution in [2.45, 2.75) is 37.8 Å². The largest absolute Gasteiger partial charge is 0.573 e. The van der Waals surface area contributed by atoms with Gasteiger partial charge in [0.05, 0.1) is 16.2 Å². The summed E-state index contributed by atoms with van der Waals surface area (Å²) in [4.78, 5) is 26.4. The summed E-state index contributed by atoms with van der Waals surface area (Å²) in [5.74, 6) is -2.06. The van der Waals surface area contributed by atoms with Crippen molar-refractivity contribution in [3.63, 3.8) is 0 Å². The van der Waals surface area contributed by atoms with Gasteiger partial charge in [-0.3, -0.25) is 14.3 Å². The van der Waals surface area contributed by atoms with Crippen molar-refractivity contribution >= 4 is 21.8 Å². The summed E-state index contributed by atoms with van der Waals surface area (Å²) in [5, 5.41) is -0.564. The second-order valence-corrected chi connectivity index (χ2v) is 9.22. The van der Waals surface area contributed by atoms with Crippen molar-refractivity contribution in [1.29, 1.82) is 0 Å². The number of sulfonamides is 1. The van der Waals surface area contributed by atoms with Crippen LogP contribution >= 0.6 is 0 Å². The van der Waals surface area contributed by atoms with Crippen LogP contribution in [0.2, 0.25) is 0 Å². The lowest BCUT2D eigenvalue weighted by Gasteiger charge is -2.24. The summed E-state index contributed by atoms with van der Waals surface area (Å²) in [7, 11) is -3.73. The van der Waals surface area contributed by atoms with Crippen LogP contribution in [0.25, 0.3) is 0 Å². The van der Waals surface area contributed by atoms with Crippen LogP contribution < -0.4 is 9.46 Å². The first-order chi connectivity index (χ1) is 12.9. The zero-order chi connectivity index (χ0) is 20.7. The van der Waals surface area contributed by atoms with Gasteiger partial charge in [0.2, 0.25) is 15.9 Å². The van der Waals surface area contributed by atoms with Gasteiger partial charge in [-0.2, -0.15) is 0 Å². The highest BCUT2D eigenvalue weighted by Crippen LogP contribution is 2.35. The van der Waals surface area contributed by atoms with Crippen molar-refractivity contribution in [2.24, 2.45) is 5.41 Å². The molecule has 1 atom stereocenters. The SMILES string of the molecule is CC1(C(=O)NS(=O)(=O)C2CC2)CCN(C(=O)c2ccccc2OC(F)(F)F)C1. The summed E-state index contributed by atoms with van der Waals surface area (Å²) in [6, 6.07) is 4.95. The molecule has 2 aliphatic rings. The number of nitrogens with one attached hydrogen (secondary N) is 1. The molecule has 1 N–H and O–H groups in total. The van der Waals surface area contributed by atoms with Gasteiger partial charge >= 0.3 is 6.36 Å². The second kappa shape index (κ2) is 6.94. The van der Waals surface area contributed by atoms with E-state index in [9.17, 15) is 31.2 Å². The molecule has 1 aromatic carbocycles. The first-order valence-electron chi connectivity index (χ1n) is 8.61. The Bertz CT molecular complexity index is 898. The molecule has 1 unspecified atom stereocenters. The Morgan fingerprint density at radius 1 is 1.25 bits per heavy atom. The fourth-order valence-electron chi connectivity index (χ4n) is 3.06. The maximum absolute atomic E-state index is 12.7. The Balaban J connectivity index is 1.73. The minimum atomic E-state index is -4.95. The molecular formula is C17H19F3N2O5S. The van der Waals surface area contributed by atoms with Gasteiger partial charge in [-0.05, 0) is 38.3 Å². The number of amides is 2. The van der Waals surface area contributed by atoms with Gasteiger partial charge in [0.25, 0.3) is 5.91 Å². The Hall–Kier alpha value is -2.30. The average Bonchev–Trinajstić information content (AvgIpc) is 3.37. The topological polar surface area (TPSA) is 92.8 Å². The lowest BCUT2D eigenvalue weighted by molar-refractivity contribution is -0.274. The third-order valence-corrected chi connectivity index (χ3v) is 6.67. The molecule has 0 bridgehead atoms. The van der Waals surface area contributed by atoms with Crippen molar-refractivity contribution in [3.05, 3.63) is 29.8 Å². The third-order valence-electron chi connectivity index (χ3n) is 4.85. The first kappa shape index (κ1) is 20.4. The Kier molecular flexibility index (Phi) is 5.07. The highest BCUT2D eigenvalue weighted by atomic mass is 32.2. The Labute approximate surface area is 159 Å². The number of rotatable bonds is 5. The monoisotopic (exact) mass is 420 g/mol. The van der Waals surface area contributed by atoms with Crippen LogP contribution in [0.3, 0.4) is 0 Å². The number of carbonyl (C=O) groups is 2. The van der Waals surface area contributed by atoms with Gasteiger partial charge in [-0.25, -0.2) is 8.42 Å². The number of para-hydroxylation sites is 1. The van der Waals surface area contributed by atoms with Crippen LogP contribution in [0.5, 0.6) is 5.75 Å². The quantitative estimate of drug-likeness (QED) is 0.787. The smallest absolute Gasteiger partial charge is 0.405 e. The van der Waals surface area contributed by atoms with E-state index >= 15 is 0 Å². The molecule has 11 heteroatoms. The maximum atomic E-state index is 12.7. The molecule has 3 rings (SSSR count). The number of ether oxygens (including phenoxy) is 1. The zero-order valence-electron chi connectivity index (χ0n) is 15.0. The minimum absolute atomic E-state index is 0.104. The van der Waals surface area contributed by atoms with Crippen LogP contribution in [-0.4, -0.2) is 49.8 Å². The molecule has 2 amide bonds. The van der Waals surface area contributed by atoms with Gasteiger partial charge in [0.1, 0.15) is 5.75 Å². The number of benzene rings is 1. The normalized spacial score (nSPS) is 22.8. The molecule has 0 aromatic heterocycles. The highest BCUT2D eigenvalue weighted by molar-refractivity contribution is 7.90. The van der Waals surface area contributed by atoms with Gasteiger partial charge < -0.3 is 9.64 Å². The fraction of sp³-hybridized carbons (Fsp3) is 0.529. The number of halogens is 3. The summed E-state index contributed by atoms with van der Waals surface area (Å²) < 4.78 is 67.6. The molecular weight excluding hydrogens is 401 g/mol. The van der Waals surface area contributed by atoms with E-state index in [1.54, 1.807) is 0 Å². The molecule has 1 saturated carbocycles. The highest BCUT2D eigenvalue weighted by Gasteiger charge is 2.46. The predicted molar refractivity (Wildman–Crippen MR) is 91.8 cm³/mol. The summed E-state index contributed by atoms with van der Waals surface area (Å²) in [6.45, 7) is 1.51. The van der Waals surface area contributed by atoms with Crippen LogP contribution in [0.1, 0.15) is 36.5 Å². The third kappa shape index (κ3) is 4.40. The molecule has 1 aliphatic carbocycles. The number of hydrogen-bond donors (Lipinski definition) is 1. The molecule has 1 aromatic rings. The zero-order valence-corrected chi connectivity index (χ0v) is 15.8. The fourth-order valence-corrected chi connectivity index (χ4v) is 4.49. The van der Waals surface area contributed by atoms with Crippen molar-refractivity contribution in [1.82, 2.24) is 9.62 Å². The van der Waals surface area contributed by atoms with Crippen LogP contribution in [-0.2, 0) is 14.8 Å². The lowest BCUT2D eigenvalue weighted by Crippen LogP contribution is -2.45. The molecule has 7 nitrogen and oxygen atoms in total. The number of likely N-dealkylation sites (tertiary alicyclic amines) is 1. The molecule has 1 heterocycles. The van der Waals surface area contributed by atoms with Crippen molar-refractivity contribution < 1.29 is 35.9 Å². The number of hydrogen-bond acceptors (Lipinski definition) is 5. The van der Waals surface area contributed by atoms with Crippen molar-refractivity contribution in [2.75, 3.05) is 13.1 Å². The van der Waals surface area contributed by atoms with E-state index in [1.165, 1.54) is 30.0 Å². The number of alkyl halides is 3. The van der Waals surface area contributed by atoms with E-state index in [0.717, 1.165) is 6.07 Å². The van der Waals surface area contributed by atoms with E-state index in [0.29, 0.717) is 12.8 Å². The van der Waals surface area contributed by atoms with E-state index < -0.39 is 44.6 Å². The molecule has 1 saturated heterocycles. The number of nitrogens with zero attached hydrogens (tertiary/aromatic N) is 1. The summed E-state index contributed by atoms with van der Waals surface area (Å²) in [5.41, 5.74) is -1.44. The van der Waals surface area contributed by atoms with Gasteiger partial charge in [-0.15, -0.1) is 13.2 Å². The maximum Gasteiger partial charge on any atom is 0.573 e. The van der Waals surface area contributed by atoms with Crippen LogP contribution in [0, 0.1) is 5.41 Å². The average molecular weight is 420 g/mol. The molecule has 1 aliphatic heterocycles. The summed E-state index contributed by atoms with van der Waals surface area (Å²) in [6.07, 6.45) is -3.76. The summed E-state index contributed by atoms with van der Waals surface area (Å²) >= 11 is 0.